The van der Waals surface area contributed by atoms with Crippen molar-refractivity contribution in [2.24, 2.45) is 0 Å². The Kier molecular flexibility index (Phi) is 10.0. The van der Waals surface area contributed by atoms with Gasteiger partial charge < -0.3 is 23.1 Å². The number of rotatable bonds is 4. The Morgan fingerprint density at radius 3 is 1.61 bits per heavy atom. The Morgan fingerprint density at radius 1 is 0.475 bits per heavy atom. The summed E-state index contributed by atoms with van der Waals surface area (Å²) < 4.78 is 17.0. The van der Waals surface area contributed by atoms with E-state index in [4.69, 9.17) is 8.83 Å². The van der Waals surface area contributed by atoms with Gasteiger partial charge in [-0.1, -0.05) is 169 Å². The van der Waals surface area contributed by atoms with Crippen LogP contribution in [0, 0.1) is 0 Å². The molecule has 3 aromatic heterocycles. The molecule has 0 fully saturated rings. The topological polar surface area (TPSA) is 37.7 Å². The maximum atomic E-state index is 7.42. The zero-order valence-electron chi connectivity index (χ0n) is 48.7. The number of benzene rings is 9. The van der Waals surface area contributed by atoms with E-state index >= 15 is 0 Å². The molecule has 0 saturated heterocycles. The molecular formula is C74H70BN3O2. The number of hydrogen-bond donors (Lipinski definition) is 0. The van der Waals surface area contributed by atoms with E-state index in [1.165, 1.54) is 82.7 Å². The lowest BCUT2D eigenvalue weighted by Gasteiger charge is -2.43. The van der Waals surface area contributed by atoms with Gasteiger partial charge in [-0.2, -0.15) is 0 Å². The van der Waals surface area contributed by atoms with E-state index in [1.807, 2.05) is 0 Å². The van der Waals surface area contributed by atoms with Gasteiger partial charge in [0, 0.05) is 66.6 Å². The fourth-order valence-electron chi connectivity index (χ4n) is 14.3. The third-order valence-corrected chi connectivity index (χ3v) is 18.9. The first kappa shape index (κ1) is 49.1. The molecule has 3 aliphatic rings. The third kappa shape index (κ3) is 7.02. The van der Waals surface area contributed by atoms with Gasteiger partial charge >= 0.3 is 6.85 Å². The second kappa shape index (κ2) is 16.3. The van der Waals surface area contributed by atoms with Gasteiger partial charge in [0.25, 0.3) is 0 Å². The van der Waals surface area contributed by atoms with Crippen molar-refractivity contribution in [3.05, 3.63) is 192 Å². The summed E-state index contributed by atoms with van der Waals surface area (Å²) in [4.78, 5) is 5.13. The Hall–Kier alpha value is -7.96. The van der Waals surface area contributed by atoms with Crippen LogP contribution >= 0.6 is 0 Å². The predicted octanol–water partition coefficient (Wildman–Crippen LogP) is 19.5. The molecule has 0 unspecified atom stereocenters. The largest absolute Gasteiger partial charge is 0.456 e. The minimum atomic E-state index is -0.272. The van der Waals surface area contributed by atoms with Gasteiger partial charge in [-0.25, -0.2) is 0 Å². The smallest absolute Gasteiger partial charge is 0.333 e. The molecule has 15 rings (SSSR count). The summed E-state index contributed by atoms with van der Waals surface area (Å²) in [5, 5.41) is 6.97. The van der Waals surface area contributed by atoms with Crippen LogP contribution in [0.3, 0.4) is 0 Å². The average Bonchev–Trinajstić information content (AvgIpc) is 4.07. The van der Waals surface area contributed by atoms with E-state index in [2.05, 4.69) is 268 Å². The molecule has 396 valence electrons. The molecule has 1 aliphatic carbocycles. The summed E-state index contributed by atoms with van der Waals surface area (Å²) in [6.07, 6.45) is 2.26. The van der Waals surface area contributed by atoms with Gasteiger partial charge in [-0.3, -0.25) is 0 Å². The van der Waals surface area contributed by atoms with Crippen LogP contribution in [-0.4, -0.2) is 11.4 Å². The van der Waals surface area contributed by atoms with Gasteiger partial charge in [-0.05, 0) is 169 Å². The fourth-order valence-corrected chi connectivity index (χ4v) is 14.3. The average molecular weight is 1040 g/mol. The highest BCUT2D eigenvalue weighted by atomic mass is 16.3. The van der Waals surface area contributed by atoms with Crippen LogP contribution in [0.2, 0.25) is 0 Å². The van der Waals surface area contributed by atoms with Crippen LogP contribution < -0.4 is 20.6 Å². The van der Waals surface area contributed by atoms with Crippen molar-refractivity contribution in [2.75, 3.05) is 9.71 Å². The first-order chi connectivity index (χ1) is 38.0. The molecular weight excluding hydrogens is 974 g/mol. The van der Waals surface area contributed by atoms with Crippen molar-refractivity contribution in [1.29, 1.82) is 0 Å². The summed E-state index contributed by atoms with van der Waals surface area (Å²) in [7, 11) is 0. The summed E-state index contributed by atoms with van der Waals surface area (Å²) >= 11 is 0. The number of anilines is 5. The highest BCUT2D eigenvalue weighted by molar-refractivity contribution is 6.94. The number of furan rings is 2. The van der Waals surface area contributed by atoms with Crippen molar-refractivity contribution in [3.8, 4) is 16.8 Å². The van der Waals surface area contributed by atoms with E-state index in [-0.39, 0.29) is 33.9 Å². The molecule has 0 atom stereocenters. The van der Waals surface area contributed by atoms with Crippen LogP contribution in [0.4, 0.5) is 28.4 Å². The molecule has 0 amide bonds. The minimum absolute atomic E-state index is 0.000961. The molecule has 0 radical (unpaired) electrons. The second-order valence-electron chi connectivity index (χ2n) is 28.0. The number of aromatic nitrogens is 1. The normalized spacial score (nSPS) is 15.6. The lowest BCUT2D eigenvalue weighted by atomic mass is 9.43. The zero-order chi connectivity index (χ0) is 55.3. The van der Waals surface area contributed by atoms with Gasteiger partial charge in [0.15, 0.2) is 0 Å². The van der Waals surface area contributed by atoms with Gasteiger partial charge in [0.05, 0.1) is 16.4 Å². The lowest BCUT2D eigenvalue weighted by Crippen LogP contribution is -2.60. The van der Waals surface area contributed by atoms with Crippen LogP contribution in [0.5, 0.6) is 0 Å². The molecule has 0 spiro atoms. The Balaban J connectivity index is 1.11. The molecule has 5 heterocycles. The van der Waals surface area contributed by atoms with E-state index in [0.29, 0.717) is 0 Å². The van der Waals surface area contributed by atoms with Gasteiger partial charge in [0.1, 0.15) is 22.3 Å². The van der Waals surface area contributed by atoms with Crippen LogP contribution in [0.25, 0.3) is 82.5 Å². The first-order valence-corrected chi connectivity index (χ1v) is 29.1. The van der Waals surface area contributed by atoms with Crippen LogP contribution in [0.1, 0.15) is 131 Å². The SMILES string of the molecule is CC(C)(C)c1ccc(N2B3c4cc5oc6ccccc6c5cc4-n4c5cc6c(cc5c5c7oc8ccccc8c7c(c3c54)-c3ccc(N(c4ccc(C(C)(C)C)cc4)c4ccc(C(C)(C)C)cc4)cc32)C(C)(C)CCC6(C)C)cc1. The number of fused-ring (bicyclic) bond motifs is 17. The monoisotopic (exact) mass is 1040 g/mol. The summed E-state index contributed by atoms with van der Waals surface area (Å²) in [5.41, 5.74) is 24.5. The zero-order valence-corrected chi connectivity index (χ0v) is 48.7. The molecule has 12 aromatic rings. The maximum absolute atomic E-state index is 7.42. The second-order valence-corrected chi connectivity index (χ2v) is 28.0. The van der Waals surface area contributed by atoms with Crippen molar-refractivity contribution in [3.63, 3.8) is 0 Å². The minimum Gasteiger partial charge on any atom is -0.456 e. The molecule has 6 heteroatoms. The Morgan fingerprint density at radius 2 is 1.01 bits per heavy atom. The Bertz CT molecular complexity index is 4520. The van der Waals surface area contributed by atoms with Crippen LogP contribution in [-0.2, 0) is 27.1 Å². The summed E-state index contributed by atoms with van der Waals surface area (Å²) in [5.74, 6) is 0. The molecule has 0 bridgehead atoms. The molecule has 0 saturated carbocycles. The van der Waals surface area contributed by atoms with Crippen molar-refractivity contribution in [2.45, 2.75) is 130 Å². The maximum Gasteiger partial charge on any atom is 0.333 e. The highest BCUT2D eigenvalue weighted by Gasteiger charge is 2.48. The predicted molar refractivity (Wildman–Crippen MR) is 340 cm³/mol. The van der Waals surface area contributed by atoms with E-state index in [9.17, 15) is 0 Å². The lowest BCUT2D eigenvalue weighted by molar-refractivity contribution is 0.332. The quantitative estimate of drug-likeness (QED) is 0.165. The number of para-hydroxylation sites is 2. The van der Waals surface area contributed by atoms with Crippen molar-refractivity contribution in [1.82, 2.24) is 4.57 Å². The molecule has 9 aromatic carbocycles. The van der Waals surface area contributed by atoms with E-state index in [0.717, 1.165) is 79.8 Å². The number of nitrogens with zero attached hydrogens (tertiary/aromatic N) is 3. The fraction of sp³-hybridized carbons (Fsp3) is 0.270. The van der Waals surface area contributed by atoms with Crippen molar-refractivity contribution < 1.29 is 8.83 Å². The molecule has 0 N–H and O–H groups in total. The first-order valence-electron chi connectivity index (χ1n) is 29.1. The standard InChI is InChI=1S/C74H70BN3O2/c1-70(2,3)43-22-28-46(29-23-43)76(47-30-24-44(25-31-47)71(4,5)6)49-34-35-51-59(38-49)78(48-32-26-45(27-33-48)72(7,8)9)75-57-42-63-53(50-18-14-16-20-61(50)79-63)40-60(57)77-58-41-56-55(73(10,11)36-37-74(56,12)13)39-54(58)66-68(77)67(75)64(51)65-52-19-15-17-21-62(52)80-69(65)66/h14-35,38-42H,36-37H2,1-13H3. The number of hydrogen-bond acceptors (Lipinski definition) is 4. The molecule has 5 nitrogen and oxygen atoms in total. The molecule has 2 aliphatic heterocycles. The summed E-state index contributed by atoms with van der Waals surface area (Å²) in [6, 6.07) is 62.5. The van der Waals surface area contributed by atoms with E-state index < -0.39 is 0 Å². The van der Waals surface area contributed by atoms with E-state index in [1.54, 1.807) is 0 Å². The molecule has 80 heavy (non-hydrogen) atoms. The third-order valence-electron chi connectivity index (χ3n) is 18.9. The highest BCUT2D eigenvalue weighted by Crippen LogP contribution is 2.55. The van der Waals surface area contributed by atoms with Crippen LogP contribution in [0.15, 0.2) is 173 Å². The van der Waals surface area contributed by atoms with Gasteiger partial charge in [-0.15, -0.1) is 0 Å². The van der Waals surface area contributed by atoms with Gasteiger partial charge in [0.2, 0.25) is 0 Å². The summed E-state index contributed by atoms with van der Waals surface area (Å²) in [6.45, 7) is 30.2. The Labute approximate surface area is 470 Å². The van der Waals surface area contributed by atoms with Crippen molar-refractivity contribution >= 4 is 112 Å².